The Kier molecular flexibility index (Phi) is 8.36. The molecule has 0 aliphatic rings. The van der Waals surface area contributed by atoms with Gasteiger partial charge in [0.1, 0.15) is 5.75 Å². The number of nitrogen functional groups attached to an aromatic ring is 1. The summed E-state index contributed by atoms with van der Waals surface area (Å²) >= 11 is 0. The van der Waals surface area contributed by atoms with E-state index < -0.39 is 0 Å². The van der Waals surface area contributed by atoms with Gasteiger partial charge in [0.15, 0.2) is 5.75 Å². The summed E-state index contributed by atoms with van der Waals surface area (Å²) in [6, 6.07) is 5.56. The van der Waals surface area contributed by atoms with Gasteiger partial charge in [-0.3, -0.25) is 0 Å². The molecule has 0 spiro atoms. The first-order valence-corrected chi connectivity index (χ1v) is 7.62. The highest BCUT2D eigenvalue weighted by molar-refractivity contribution is 5.55. The smallest absolute Gasteiger partial charge is 0.153 e. The van der Waals surface area contributed by atoms with Crippen LogP contribution in [0.25, 0.3) is 0 Å². The molecule has 0 aliphatic carbocycles. The predicted octanol–water partition coefficient (Wildman–Crippen LogP) is 4.92. The number of unbranched alkanes of at least 4 members (excludes halogenated alkanes) is 4. The summed E-state index contributed by atoms with van der Waals surface area (Å²) in [7, 11) is 0. The number of rotatable bonds is 10. The number of hydrogen-bond donors (Lipinski definition) is 1. The SMILES string of the molecule is CCC/C=C/Oc1cc(OCCCCCC)ccc1N. The lowest BCUT2D eigenvalue weighted by atomic mass is 10.2. The van der Waals surface area contributed by atoms with Gasteiger partial charge in [-0.2, -0.15) is 0 Å². The molecule has 0 aliphatic heterocycles. The van der Waals surface area contributed by atoms with Crippen LogP contribution in [-0.2, 0) is 0 Å². The first kappa shape index (κ1) is 16.4. The van der Waals surface area contributed by atoms with Gasteiger partial charge >= 0.3 is 0 Å². The highest BCUT2D eigenvalue weighted by atomic mass is 16.5. The summed E-state index contributed by atoms with van der Waals surface area (Å²) in [6.45, 7) is 5.08. The molecule has 0 saturated heterocycles. The van der Waals surface area contributed by atoms with E-state index in [2.05, 4.69) is 13.8 Å². The monoisotopic (exact) mass is 277 g/mol. The Morgan fingerprint density at radius 3 is 2.70 bits per heavy atom. The maximum absolute atomic E-state index is 5.88. The van der Waals surface area contributed by atoms with Crippen molar-refractivity contribution in [3.8, 4) is 11.5 Å². The minimum absolute atomic E-state index is 0.629. The number of hydrogen-bond acceptors (Lipinski definition) is 3. The van der Waals surface area contributed by atoms with Crippen molar-refractivity contribution in [2.45, 2.75) is 52.4 Å². The topological polar surface area (TPSA) is 44.5 Å². The molecule has 1 aromatic carbocycles. The van der Waals surface area contributed by atoms with Crippen LogP contribution in [-0.4, -0.2) is 6.61 Å². The molecular weight excluding hydrogens is 250 g/mol. The van der Waals surface area contributed by atoms with E-state index in [1.54, 1.807) is 6.26 Å². The van der Waals surface area contributed by atoms with Gasteiger partial charge < -0.3 is 15.2 Å². The normalized spacial score (nSPS) is 10.9. The molecule has 112 valence electrons. The van der Waals surface area contributed by atoms with E-state index >= 15 is 0 Å². The molecule has 1 aromatic rings. The molecule has 0 radical (unpaired) electrons. The lowest BCUT2D eigenvalue weighted by molar-refractivity contribution is 0.304. The zero-order valence-corrected chi connectivity index (χ0v) is 12.7. The van der Waals surface area contributed by atoms with E-state index in [9.17, 15) is 0 Å². The lowest BCUT2D eigenvalue weighted by Gasteiger charge is -2.09. The van der Waals surface area contributed by atoms with Crippen LogP contribution >= 0.6 is 0 Å². The van der Waals surface area contributed by atoms with Crippen LogP contribution < -0.4 is 15.2 Å². The maximum atomic E-state index is 5.88. The Labute approximate surface area is 122 Å². The van der Waals surface area contributed by atoms with Crippen molar-refractivity contribution >= 4 is 5.69 Å². The average Bonchev–Trinajstić information content (AvgIpc) is 2.46. The molecule has 0 saturated carbocycles. The Morgan fingerprint density at radius 1 is 1.10 bits per heavy atom. The number of nitrogens with two attached hydrogens (primary N) is 1. The van der Waals surface area contributed by atoms with Gasteiger partial charge in [0.05, 0.1) is 18.6 Å². The average molecular weight is 277 g/mol. The highest BCUT2D eigenvalue weighted by Crippen LogP contribution is 2.27. The molecule has 2 N–H and O–H groups in total. The van der Waals surface area contributed by atoms with E-state index in [0.29, 0.717) is 11.4 Å². The van der Waals surface area contributed by atoms with Crippen LogP contribution in [0.3, 0.4) is 0 Å². The largest absolute Gasteiger partial charge is 0.493 e. The van der Waals surface area contributed by atoms with Crippen molar-refractivity contribution in [3.05, 3.63) is 30.5 Å². The number of allylic oxidation sites excluding steroid dienone is 1. The van der Waals surface area contributed by atoms with Gasteiger partial charge in [-0.05, 0) is 31.1 Å². The van der Waals surface area contributed by atoms with Crippen LogP contribution in [0.1, 0.15) is 52.4 Å². The molecule has 0 atom stereocenters. The second-order valence-electron chi connectivity index (χ2n) is 4.89. The Bertz CT molecular complexity index is 402. The summed E-state index contributed by atoms with van der Waals surface area (Å²) in [4.78, 5) is 0. The van der Waals surface area contributed by atoms with Crippen molar-refractivity contribution in [2.75, 3.05) is 12.3 Å². The van der Waals surface area contributed by atoms with E-state index in [-0.39, 0.29) is 0 Å². The Balaban J connectivity index is 2.44. The summed E-state index contributed by atoms with van der Waals surface area (Å²) in [6.07, 6.45) is 10.6. The summed E-state index contributed by atoms with van der Waals surface area (Å²) in [5.74, 6) is 1.47. The molecular formula is C17H27NO2. The molecule has 20 heavy (non-hydrogen) atoms. The second kappa shape index (κ2) is 10.2. The van der Waals surface area contributed by atoms with Gasteiger partial charge in [0.2, 0.25) is 0 Å². The Hall–Kier alpha value is -1.64. The maximum Gasteiger partial charge on any atom is 0.153 e. The zero-order valence-electron chi connectivity index (χ0n) is 12.7. The van der Waals surface area contributed by atoms with Crippen LogP contribution in [0.4, 0.5) is 5.69 Å². The fourth-order valence-corrected chi connectivity index (χ4v) is 1.78. The molecule has 0 fully saturated rings. The van der Waals surface area contributed by atoms with E-state index in [4.69, 9.17) is 15.2 Å². The first-order chi connectivity index (χ1) is 9.77. The van der Waals surface area contributed by atoms with Crippen molar-refractivity contribution in [1.82, 2.24) is 0 Å². The molecule has 0 amide bonds. The van der Waals surface area contributed by atoms with E-state index in [1.807, 2.05) is 24.3 Å². The molecule has 0 bridgehead atoms. The zero-order chi connectivity index (χ0) is 14.6. The summed E-state index contributed by atoms with van der Waals surface area (Å²) in [5, 5.41) is 0. The molecule has 3 heteroatoms. The van der Waals surface area contributed by atoms with Crippen molar-refractivity contribution in [3.63, 3.8) is 0 Å². The van der Waals surface area contributed by atoms with Crippen LogP contribution in [0, 0.1) is 0 Å². The van der Waals surface area contributed by atoms with Crippen molar-refractivity contribution < 1.29 is 9.47 Å². The minimum atomic E-state index is 0.629. The fraction of sp³-hybridized carbons (Fsp3) is 0.529. The van der Waals surface area contributed by atoms with Gasteiger partial charge in [0, 0.05) is 6.07 Å². The second-order valence-corrected chi connectivity index (χ2v) is 4.89. The Morgan fingerprint density at radius 2 is 1.95 bits per heavy atom. The molecule has 0 heterocycles. The fourth-order valence-electron chi connectivity index (χ4n) is 1.78. The number of ether oxygens (including phenoxy) is 2. The number of anilines is 1. The van der Waals surface area contributed by atoms with Gasteiger partial charge in [-0.25, -0.2) is 0 Å². The lowest BCUT2D eigenvalue weighted by Crippen LogP contribution is -1.98. The molecule has 1 rings (SSSR count). The number of benzene rings is 1. The van der Waals surface area contributed by atoms with Gasteiger partial charge in [-0.1, -0.05) is 39.5 Å². The van der Waals surface area contributed by atoms with Gasteiger partial charge in [-0.15, -0.1) is 0 Å². The third-order valence-electron chi connectivity index (χ3n) is 3.00. The van der Waals surface area contributed by atoms with E-state index in [1.165, 1.54) is 19.3 Å². The van der Waals surface area contributed by atoms with Crippen LogP contribution in [0.2, 0.25) is 0 Å². The molecule has 0 unspecified atom stereocenters. The highest BCUT2D eigenvalue weighted by Gasteiger charge is 2.02. The quantitative estimate of drug-likeness (QED) is 0.375. The third-order valence-corrected chi connectivity index (χ3v) is 3.00. The van der Waals surface area contributed by atoms with Crippen LogP contribution in [0.15, 0.2) is 30.5 Å². The van der Waals surface area contributed by atoms with E-state index in [0.717, 1.165) is 31.6 Å². The molecule has 3 nitrogen and oxygen atoms in total. The van der Waals surface area contributed by atoms with Gasteiger partial charge in [0.25, 0.3) is 0 Å². The first-order valence-electron chi connectivity index (χ1n) is 7.62. The summed E-state index contributed by atoms with van der Waals surface area (Å²) in [5.41, 5.74) is 6.51. The van der Waals surface area contributed by atoms with Crippen molar-refractivity contribution in [1.29, 1.82) is 0 Å². The molecule has 0 aromatic heterocycles. The van der Waals surface area contributed by atoms with Crippen molar-refractivity contribution in [2.24, 2.45) is 0 Å². The minimum Gasteiger partial charge on any atom is -0.493 e. The predicted molar refractivity (Wildman–Crippen MR) is 85.2 cm³/mol. The third kappa shape index (κ3) is 6.50. The standard InChI is InChI=1S/C17H27NO2/c1-3-5-7-9-12-19-15-10-11-16(18)17(14-15)20-13-8-6-4-2/h8,10-11,13-14H,3-7,9,12,18H2,1-2H3/b13-8+. The van der Waals surface area contributed by atoms with Crippen LogP contribution in [0.5, 0.6) is 11.5 Å². The summed E-state index contributed by atoms with van der Waals surface area (Å²) < 4.78 is 11.3.